The lowest BCUT2D eigenvalue weighted by molar-refractivity contribution is -0.114. The van der Waals surface area contributed by atoms with Gasteiger partial charge >= 0.3 is 0 Å². The number of carbonyl (C=O) groups excluding carboxylic acids is 1. The molecular weight excluding hydrogens is 242 g/mol. The van der Waals surface area contributed by atoms with Crippen LogP contribution in [0.2, 0.25) is 0 Å². The number of fused-ring (bicyclic) bond motifs is 1. The minimum atomic E-state index is -0.692. The molecule has 1 aromatic carbocycles. The number of aromatic nitrogens is 1. The number of benzene rings is 1. The van der Waals surface area contributed by atoms with E-state index in [9.17, 15) is 4.79 Å². The molecule has 2 rings (SSSR count). The van der Waals surface area contributed by atoms with Crippen LogP contribution < -0.4 is 17.2 Å². The van der Waals surface area contributed by atoms with E-state index in [1.807, 2.05) is 18.2 Å². The monoisotopic (exact) mass is 257 g/mol. The number of carbonyl (C=O) groups is 1. The zero-order valence-corrected chi connectivity index (χ0v) is 10.5. The SMILES string of the molecule is C/C(N)=C(\C(N)=O)C(N)=Nc1cccc2[nH]ccc12. The molecule has 1 aromatic heterocycles. The van der Waals surface area contributed by atoms with Crippen LogP contribution in [0.15, 0.2) is 46.7 Å². The minimum Gasteiger partial charge on any atom is -0.402 e. The number of nitrogens with zero attached hydrogens (tertiary/aromatic N) is 1. The number of amidine groups is 1. The van der Waals surface area contributed by atoms with Crippen LogP contribution in [0, 0.1) is 0 Å². The fourth-order valence-corrected chi connectivity index (χ4v) is 1.87. The minimum absolute atomic E-state index is 0.0150. The number of hydrogen-bond acceptors (Lipinski definition) is 3. The van der Waals surface area contributed by atoms with Gasteiger partial charge in [0.25, 0.3) is 5.91 Å². The first kappa shape index (κ1) is 12.7. The van der Waals surface area contributed by atoms with Gasteiger partial charge in [-0.1, -0.05) is 6.07 Å². The van der Waals surface area contributed by atoms with Gasteiger partial charge in [0.05, 0.1) is 11.3 Å². The van der Waals surface area contributed by atoms with Crippen molar-refractivity contribution >= 4 is 28.3 Å². The Balaban J connectivity index is 2.54. The summed E-state index contributed by atoms with van der Waals surface area (Å²) in [6.07, 6.45) is 1.80. The van der Waals surface area contributed by atoms with Crippen LogP contribution in [0.5, 0.6) is 0 Å². The Morgan fingerprint density at radius 2 is 1.95 bits per heavy atom. The molecule has 0 atom stereocenters. The van der Waals surface area contributed by atoms with Crippen LogP contribution in [-0.4, -0.2) is 16.7 Å². The summed E-state index contributed by atoms with van der Waals surface area (Å²) in [5.41, 5.74) is 18.5. The third-order valence-electron chi connectivity index (χ3n) is 2.71. The highest BCUT2D eigenvalue weighted by molar-refractivity contribution is 6.21. The van der Waals surface area contributed by atoms with Gasteiger partial charge in [-0.05, 0) is 25.1 Å². The summed E-state index contributed by atoms with van der Waals surface area (Å²) in [5, 5.41) is 0.906. The fraction of sp³-hybridized carbons (Fsp3) is 0.0769. The normalized spacial score (nSPS) is 13.4. The van der Waals surface area contributed by atoms with Crippen molar-refractivity contribution in [1.29, 1.82) is 0 Å². The van der Waals surface area contributed by atoms with E-state index < -0.39 is 5.91 Å². The molecule has 98 valence electrons. The lowest BCUT2D eigenvalue weighted by Gasteiger charge is -2.05. The summed E-state index contributed by atoms with van der Waals surface area (Å²) < 4.78 is 0. The number of aromatic amines is 1. The van der Waals surface area contributed by atoms with Gasteiger partial charge in [-0.15, -0.1) is 0 Å². The number of H-pyrrole nitrogens is 1. The van der Waals surface area contributed by atoms with Crippen LogP contribution in [0.4, 0.5) is 5.69 Å². The van der Waals surface area contributed by atoms with E-state index in [2.05, 4.69) is 9.98 Å². The first-order valence-electron chi connectivity index (χ1n) is 5.67. The second-order valence-corrected chi connectivity index (χ2v) is 4.14. The van der Waals surface area contributed by atoms with Crippen molar-refractivity contribution in [3.8, 4) is 0 Å². The third-order valence-corrected chi connectivity index (χ3v) is 2.71. The van der Waals surface area contributed by atoms with Gasteiger partial charge in [0, 0.05) is 22.8 Å². The molecule has 6 heteroatoms. The summed E-state index contributed by atoms with van der Waals surface area (Å²) in [4.78, 5) is 18.6. The molecule has 1 amide bonds. The van der Waals surface area contributed by atoms with Crippen molar-refractivity contribution in [1.82, 2.24) is 4.98 Å². The molecule has 2 aromatic rings. The van der Waals surface area contributed by atoms with E-state index in [1.165, 1.54) is 0 Å². The summed E-state index contributed by atoms with van der Waals surface area (Å²) in [5.74, 6) is -0.677. The molecular formula is C13H15N5O. The second kappa shape index (κ2) is 4.85. The number of amides is 1. The van der Waals surface area contributed by atoms with Gasteiger partial charge < -0.3 is 22.2 Å². The quantitative estimate of drug-likeness (QED) is 0.370. The molecule has 1 heterocycles. The number of hydrogen-bond donors (Lipinski definition) is 4. The molecule has 0 radical (unpaired) electrons. The van der Waals surface area contributed by atoms with Crippen LogP contribution >= 0.6 is 0 Å². The maximum Gasteiger partial charge on any atom is 0.254 e. The lowest BCUT2D eigenvalue weighted by atomic mass is 10.1. The molecule has 0 aliphatic carbocycles. The van der Waals surface area contributed by atoms with Crippen LogP contribution in [0.3, 0.4) is 0 Å². The molecule has 19 heavy (non-hydrogen) atoms. The Kier molecular flexibility index (Phi) is 3.24. The molecule has 0 fully saturated rings. The van der Waals surface area contributed by atoms with E-state index in [1.54, 1.807) is 19.2 Å². The van der Waals surface area contributed by atoms with E-state index >= 15 is 0 Å². The molecule has 0 spiro atoms. The molecule has 7 N–H and O–H groups in total. The maximum absolute atomic E-state index is 11.3. The zero-order chi connectivity index (χ0) is 14.0. The Bertz CT molecular complexity index is 692. The number of allylic oxidation sites excluding steroid dienone is 1. The molecule has 0 aliphatic rings. The molecule has 0 aliphatic heterocycles. The third kappa shape index (κ3) is 2.42. The van der Waals surface area contributed by atoms with E-state index in [0.29, 0.717) is 5.69 Å². The van der Waals surface area contributed by atoms with Crippen LogP contribution in [-0.2, 0) is 4.79 Å². The van der Waals surface area contributed by atoms with Gasteiger partial charge in [0.2, 0.25) is 0 Å². The van der Waals surface area contributed by atoms with Crippen molar-refractivity contribution < 1.29 is 4.79 Å². The largest absolute Gasteiger partial charge is 0.402 e. The summed E-state index contributed by atoms with van der Waals surface area (Å²) in [7, 11) is 0. The van der Waals surface area contributed by atoms with E-state index in [4.69, 9.17) is 17.2 Å². The van der Waals surface area contributed by atoms with Gasteiger partial charge in [-0.25, -0.2) is 4.99 Å². The Morgan fingerprint density at radius 1 is 1.21 bits per heavy atom. The average molecular weight is 257 g/mol. The van der Waals surface area contributed by atoms with Crippen molar-refractivity contribution in [2.45, 2.75) is 6.92 Å². The van der Waals surface area contributed by atoms with Crippen molar-refractivity contribution in [2.75, 3.05) is 0 Å². The van der Waals surface area contributed by atoms with E-state index in [0.717, 1.165) is 10.9 Å². The smallest absolute Gasteiger partial charge is 0.254 e. The summed E-state index contributed by atoms with van der Waals surface area (Å²) in [6.45, 7) is 1.55. The average Bonchev–Trinajstić information content (AvgIpc) is 2.76. The van der Waals surface area contributed by atoms with Crippen molar-refractivity contribution in [3.63, 3.8) is 0 Å². The van der Waals surface area contributed by atoms with Crippen molar-refractivity contribution in [3.05, 3.63) is 41.7 Å². The van der Waals surface area contributed by atoms with Crippen molar-refractivity contribution in [2.24, 2.45) is 22.2 Å². The summed E-state index contributed by atoms with van der Waals surface area (Å²) >= 11 is 0. The van der Waals surface area contributed by atoms with E-state index in [-0.39, 0.29) is 17.1 Å². The lowest BCUT2D eigenvalue weighted by Crippen LogP contribution is -2.29. The Labute approximate surface area is 110 Å². The highest BCUT2D eigenvalue weighted by atomic mass is 16.1. The van der Waals surface area contributed by atoms with Crippen LogP contribution in [0.25, 0.3) is 10.9 Å². The summed E-state index contributed by atoms with van der Waals surface area (Å²) in [6, 6.07) is 7.44. The predicted octanol–water partition coefficient (Wildman–Crippen LogP) is 0.875. The number of nitrogens with one attached hydrogen (secondary N) is 1. The number of rotatable bonds is 3. The molecule has 0 bridgehead atoms. The van der Waals surface area contributed by atoms with Gasteiger partial charge in [-0.3, -0.25) is 4.79 Å². The van der Waals surface area contributed by atoms with Gasteiger partial charge in [0.15, 0.2) is 0 Å². The molecule has 0 saturated heterocycles. The molecule has 0 saturated carbocycles. The Hall–Kier alpha value is -2.76. The first-order valence-corrected chi connectivity index (χ1v) is 5.67. The highest BCUT2D eigenvalue weighted by Gasteiger charge is 2.13. The first-order chi connectivity index (χ1) is 9.00. The molecule has 0 unspecified atom stereocenters. The second-order valence-electron chi connectivity index (χ2n) is 4.14. The van der Waals surface area contributed by atoms with Gasteiger partial charge in [0.1, 0.15) is 5.84 Å². The van der Waals surface area contributed by atoms with Gasteiger partial charge in [-0.2, -0.15) is 0 Å². The number of nitrogens with two attached hydrogens (primary N) is 3. The maximum atomic E-state index is 11.3. The number of aliphatic imine (C=N–C) groups is 1. The molecule has 6 nitrogen and oxygen atoms in total. The predicted molar refractivity (Wildman–Crippen MR) is 75.7 cm³/mol. The fourth-order valence-electron chi connectivity index (χ4n) is 1.87. The Morgan fingerprint density at radius 3 is 2.58 bits per heavy atom. The topological polar surface area (TPSA) is 123 Å². The number of primary amides is 1. The zero-order valence-electron chi connectivity index (χ0n) is 10.5. The standard InChI is InChI=1S/C13H15N5O/c1-7(14)11(13(16)19)12(15)18-10-4-2-3-9-8(10)5-6-17-9/h2-6,17H,14H2,1H3,(H2,15,18)(H2,16,19)/b11-7+. The van der Waals surface area contributed by atoms with Crippen LogP contribution in [0.1, 0.15) is 6.92 Å². The highest BCUT2D eigenvalue weighted by Crippen LogP contribution is 2.25.